The zero-order valence-corrected chi connectivity index (χ0v) is 13.1. The number of aryl methyl sites for hydroxylation is 1. The maximum absolute atomic E-state index is 9.18. The minimum atomic E-state index is 0.664. The molecule has 2 aromatic rings. The zero-order chi connectivity index (χ0) is 14.8. The molecule has 0 amide bonds. The quantitative estimate of drug-likeness (QED) is 0.885. The normalized spacial score (nSPS) is 17.1. The third-order valence-electron chi connectivity index (χ3n) is 4.53. The Kier molecular flexibility index (Phi) is 4.09. The Bertz CT molecular complexity index is 729. The van der Waals surface area contributed by atoms with Gasteiger partial charge in [0, 0.05) is 6.54 Å². The van der Waals surface area contributed by atoms with Gasteiger partial charge < -0.3 is 14.5 Å². The fourth-order valence-corrected chi connectivity index (χ4v) is 3.45. The molecule has 5 heteroatoms. The van der Waals surface area contributed by atoms with E-state index in [-0.39, 0.29) is 0 Å². The van der Waals surface area contributed by atoms with Crippen molar-refractivity contribution in [2.45, 2.75) is 25.8 Å². The number of nitriles is 1. The summed E-state index contributed by atoms with van der Waals surface area (Å²) in [5.74, 6) is 0.784. The van der Waals surface area contributed by atoms with Crippen LogP contribution in [0.25, 0.3) is 11.0 Å². The number of rotatable bonds is 3. The molecule has 3 rings (SSSR count). The molecular formula is C16H20N4S. The van der Waals surface area contributed by atoms with Crippen LogP contribution in [0.3, 0.4) is 0 Å². The van der Waals surface area contributed by atoms with Gasteiger partial charge in [0.05, 0.1) is 16.6 Å². The first-order chi connectivity index (χ1) is 10.2. The van der Waals surface area contributed by atoms with Crippen molar-refractivity contribution in [2.75, 3.05) is 20.1 Å². The van der Waals surface area contributed by atoms with Gasteiger partial charge in [-0.3, -0.25) is 0 Å². The third kappa shape index (κ3) is 2.87. The van der Waals surface area contributed by atoms with Crippen LogP contribution in [-0.2, 0) is 6.54 Å². The van der Waals surface area contributed by atoms with Crippen LogP contribution < -0.4 is 0 Å². The number of fused-ring (bicyclic) bond motifs is 1. The second-order valence-electron chi connectivity index (χ2n) is 5.93. The van der Waals surface area contributed by atoms with E-state index in [1.165, 1.54) is 25.9 Å². The summed E-state index contributed by atoms with van der Waals surface area (Å²) in [6.45, 7) is 3.33. The van der Waals surface area contributed by atoms with E-state index in [1.54, 1.807) is 0 Å². The summed E-state index contributed by atoms with van der Waals surface area (Å²) >= 11 is 5.44. The molecule has 1 saturated heterocycles. The molecule has 1 aliphatic rings. The Labute approximate surface area is 130 Å². The van der Waals surface area contributed by atoms with E-state index in [4.69, 9.17) is 12.2 Å². The van der Waals surface area contributed by atoms with E-state index in [2.05, 4.69) is 27.6 Å². The van der Waals surface area contributed by atoms with Gasteiger partial charge >= 0.3 is 0 Å². The van der Waals surface area contributed by atoms with Crippen LogP contribution in [0, 0.1) is 22.0 Å². The maximum Gasteiger partial charge on any atom is 0.178 e. The predicted molar refractivity (Wildman–Crippen MR) is 86.7 cm³/mol. The van der Waals surface area contributed by atoms with Gasteiger partial charge in [0.1, 0.15) is 6.07 Å². The Morgan fingerprint density at radius 2 is 2.14 bits per heavy atom. The van der Waals surface area contributed by atoms with Gasteiger partial charge in [0.25, 0.3) is 0 Å². The van der Waals surface area contributed by atoms with Crippen LogP contribution in [0.5, 0.6) is 0 Å². The highest BCUT2D eigenvalue weighted by atomic mass is 32.1. The number of imidazole rings is 1. The van der Waals surface area contributed by atoms with Crippen LogP contribution >= 0.6 is 12.2 Å². The largest absolute Gasteiger partial charge is 0.329 e. The summed E-state index contributed by atoms with van der Waals surface area (Å²) in [4.78, 5) is 5.58. The van der Waals surface area contributed by atoms with E-state index >= 15 is 0 Å². The Hall–Kier alpha value is -1.64. The summed E-state index contributed by atoms with van der Waals surface area (Å²) < 4.78 is 2.87. The molecule has 4 nitrogen and oxygen atoms in total. The van der Waals surface area contributed by atoms with Crippen LogP contribution in [0.2, 0.25) is 0 Å². The average molecular weight is 300 g/mol. The van der Waals surface area contributed by atoms with Gasteiger partial charge in [-0.15, -0.1) is 0 Å². The number of piperidine rings is 1. The molecule has 0 aliphatic carbocycles. The van der Waals surface area contributed by atoms with Crippen LogP contribution in [0.4, 0.5) is 0 Å². The molecule has 0 bridgehead atoms. The van der Waals surface area contributed by atoms with Gasteiger partial charge in [0.2, 0.25) is 0 Å². The van der Waals surface area contributed by atoms with Crippen molar-refractivity contribution in [1.82, 2.24) is 14.5 Å². The first kappa shape index (κ1) is 14.3. The number of aromatic amines is 1. The predicted octanol–water partition coefficient (Wildman–Crippen LogP) is 3.30. The smallest absolute Gasteiger partial charge is 0.178 e. The summed E-state index contributed by atoms with van der Waals surface area (Å²) in [6, 6.07) is 8.02. The number of nitrogens with zero attached hydrogens (tertiary/aromatic N) is 3. The van der Waals surface area contributed by atoms with Gasteiger partial charge in [-0.25, -0.2) is 0 Å². The molecule has 0 saturated carbocycles. The number of hydrogen-bond donors (Lipinski definition) is 1. The van der Waals surface area contributed by atoms with Crippen molar-refractivity contribution in [2.24, 2.45) is 5.92 Å². The lowest BCUT2D eigenvalue weighted by atomic mass is 9.94. The lowest BCUT2D eigenvalue weighted by Crippen LogP contribution is -2.30. The fourth-order valence-electron chi connectivity index (χ4n) is 3.16. The first-order valence-electron chi connectivity index (χ1n) is 7.49. The Balaban J connectivity index is 1.80. The van der Waals surface area contributed by atoms with E-state index in [9.17, 15) is 5.26 Å². The number of benzene rings is 1. The topological polar surface area (TPSA) is 47.8 Å². The number of likely N-dealkylation sites (tertiary alicyclic amines) is 1. The van der Waals surface area contributed by atoms with Gasteiger partial charge in [-0.2, -0.15) is 5.26 Å². The number of nitrogens with one attached hydrogen (secondary N) is 1. The summed E-state index contributed by atoms with van der Waals surface area (Å²) in [7, 11) is 2.19. The van der Waals surface area contributed by atoms with Crippen molar-refractivity contribution in [1.29, 1.82) is 5.26 Å². The van der Waals surface area contributed by atoms with Crippen LogP contribution in [0.1, 0.15) is 24.8 Å². The minimum absolute atomic E-state index is 0.664. The number of aromatic nitrogens is 2. The molecule has 1 aromatic heterocycles. The van der Waals surface area contributed by atoms with E-state index < -0.39 is 0 Å². The van der Waals surface area contributed by atoms with E-state index in [0.29, 0.717) is 5.56 Å². The van der Waals surface area contributed by atoms with Crippen molar-refractivity contribution in [3.8, 4) is 6.07 Å². The second-order valence-corrected chi connectivity index (χ2v) is 6.32. The molecule has 1 N–H and O–H groups in total. The van der Waals surface area contributed by atoms with E-state index in [1.807, 2.05) is 18.2 Å². The van der Waals surface area contributed by atoms with Gasteiger partial charge in [-0.05, 0) is 69.7 Å². The standard InChI is InChI=1S/C16H20N4S/c1-19-8-5-12(6-9-19)7-10-20-14-4-2-3-13(11-17)15(14)18-16(20)21/h2-4,12H,5-10H2,1H3,(H,18,21). The molecule has 1 fully saturated rings. The molecule has 1 aromatic carbocycles. The Morgan fingerprint density at radius 1 is 1.38 bits per heavy atom. The molecule has 1 aliphatic heterocycles. The first-order valence-corrected chi connectivity index (χ1v) is 7.90. The fraction of sp³-hybridized carbons (Fsp3) is 0.500. The highest BCUT2D eigenvalue weighted by Gasteiger charge is 2.17. The zero-order valence-electron chi connectivity index (χ0n) is 12.3. The number of H-pyrrole nitrogens is 1. The molecule has 21 heavy (non-hydrogen) atoms. The monoisotopic (exact) mass is 300 g/mol. The van der Waals surface area contributed by atoms with Crippen molar-refractivity contribution in [3.05, 3.63) is 28.5 Å². The minimum Gasteiger partial charge on any atom is -0.329 e. The third-order valence-corrected chi connectivity index (χ3v) is 4.85. The molecule has 110 valence electrons. The average Bonchev–Trinajstić information content (AvgIpc) is 2.82. The SMILES string of the molecule is CN1CCC(CCn2c(=S)[nH]c3c(C#N)cccc32)CC1. The highest BCUT2D eigenvalue weighted by Crippen LogP contribution is 2.23. The Morgan fingerprint density at radius 3 is 2.86 bits per heavy atom. The summed E-state index contributed by atoms with van der Waals surface area (Å²) in [6.07, 6.45) is 3.71. The van der Waals surface area contributed by atoms with Crippen molar-refractivity contribution in [3.63, 3.8) is 0 Å². The molecule has 0 spiro atoms. The van der Waals surface area contributed by atoms with Crippen LogP contribution in [0.15, 0.2) is 18.2 Å². The lowest BCUT2D eigenvalue weighted by molar-refractivity contribution is 0.208. The summed E-state index contributed by atoms with van der Waals surface area (Å²) in [5, 5.41) is 9.18. The molecular weight excluding hydrogens is 280 g/mol. The summed E-state index contributed by atoms with van der Waals surface area (Å²) in [5.41, 5.74) is 2.58. The molecule has 0 atom stereocenters. The van der Waals surface area contributed by atoms with Crippen LogP contribution in [-0.4, -0.2) is 34.6 Å². The maximum atomic E-state index is 9.18. The molecule has 0 radical (unpaired) electrons. The second kappa shape index (κ2) is 6.00. The number of para-hydroxylation sites is 1. The van der Waals surface area contributed by atoms with E-state index in [0.717, 1.165) is 34.7 Å². The molecule has 2 heterocycles. The van der Waals surface area contributed by atoms with Crippen molar-refractivity contribution >= 4 is 23.3 Å². The van der Waals surface area contributed by atoms with Gasteiger partial charge in [0.15, 0.2) is 4.77 Å². The highest BCUT2D eigenvalue weighted by molar-refractivity contribution is 7.71. The lowest BCUT2D eigenvalue weighted by Gasteiger charge is -2.28. The molecule has 0 unspecified atom stereocenters. The van der Waals surface area contributed by atoms with Crippen molar-refractivity contribution < 1.29 is 0 Å². The number of hydrogen-bond acceptors (Lipinski definition) is 3. The van der Waals surface area contributed by atoms with Gasteiger partial charge in [-0.1, -0.05) is 6.07 Å².